The van der Waals surface area contributed by atoms with Crippen LogP contribution in [0.5, 0.6) is 0 Å². The molecule has 0 saturated carbocycles. The Kier molecular flexibility index (Phi) is 2.52. The van der Waals surface area contributed by atoms with Crippen LogP contribution in [-0.2, 0) is 0 Å². The molecular weight excluding hydrogens is 230 g/mol. The second kappa shape index (κ2) is 4.06. The van der Waals surface area contributed by atoms with Gasteiger partial charge in [-0.1, -0.05) is 12.2 Å². The van der Waals surface area contributed by atoms with Gasteiger partial charge in [-0.25, -0.2) is 9.97 Å². The zero-order chi connectivity index (χ0) is 12.7. The van der Waals surface area contributed by atoms with Crippen molar-refractivity contribution < 1.29 is 5.11 Å². The second-order valence-corrected chi connectivity index (χ2v) is 4.62. The monoisotopic (exact) mass is 245 g/mol. The van der Waals surface area contributed by atoms with Gasteiger partial charge in [0.1, 0.15) is 5.52 Å². The Labute approximate surface area is 104 Å². The molecule has 2 aromatic rings. The summed E-state index contributed by atoms with van der Waals surface area (Å²) >= 11 is 0. The molecule has 0 aliphatic heterocycles. The Balaban J connectivity index is 2.06. The first-order chi connectivity index (χ1) is 8.69. The summed E-state index contributed by atoms with van der Waals surface area (Å²) in [5.41, 5.74) is 8.01. The Morgan fingerprint density at radius 3 is 3.00 bits per heavy atom. The van der Waals surface area contributed by atoms with Crippen LogP contribution in [0.3, 0.4) is 0 Å². The molecule has 2 heterocycles. The largest absolute Gasteiger partial charge is 0.396 e. The number of aryl methyl sites for hydroxylation is 1. The van der Waals surface area contributed by atoms with Gasteiger partial charge in [0.25, 0.3) is 0 Å². The highest BCUT2D eigenvalue weighted by atomic mass is 16.3. The number of fused-ring (bicyclic) bond motifs is 1. The molecule has 0 aromatic carbocycles. The number of aromatic nitrogens is 4. The lowest BCUT2D eigenvalue weighted by atomic mass is 10.1. The lowest BCUT2D eigenvalue weighted by molar-refractivity contribution is 0.244. The minimum Gasteiger partial charge on any atom is -0.396 e. The number of hydrogen-bond donors (Lipinski definition) is 2. The molecule has 1 aliphatic rings. The lowest BCUT2D eigenvalue weighted by Gasteiger charge is -2.12. The van der Waals surface area contributed by atoms with Gasteiger partial charge in [-0.05, 0) is 13.3 Å². The number of allylic oxidation sites excluding steroid dienone is 1. The zero-order valence-electron chi connectivity index (χ0n) is 10.1. The summed E-state index contributed by atoms with van der Waals surface area (Å²) in [7, 11) is 0. The molecule has 0 unspecified atom stereocenters. The van der Waals surface area contributed by atoms with Gasteiger partial charge < -0.3 is 15.4 Å². The van der Waals surface area contributed by atoms with Gasteiger partial charge in [0.15, 0.2) is 5.65 Å². The summed E-state index contributed by atoms with van der Waals surface area (Å²) in [6, 6.07) is 0.181. The number of nitrogens with zero attached hydrogens (tertiary/aromatic N) is 4. The molecule has 0 amide bonds. The highest BCUT2D eigenvalue weighted by Gasteiger charge is 2.22. The topological polar surface area (TPSA) is 89.9 Å². The summed E-state index contributed by atoms with van der Waals surface area (Å²) in [5.74, 6) is 0.482. The van der Waals surface area contributed by atoms with E-state index >= 15 is 0 Å². The number of rotatable bonds is 2. The van der Waals surface area contributed by atoms with Crippen LogP contribution in [0, 0.1) is 12.8 Å². The molecule has 18 heavy (non-hydrogen) atoms. The predicted molar refractivity (Wildman–Crippen MR) is 67.8 cm³/mol. The van der Waals surface area contributed by atoms with Gasteiger partial charge in [-0.2, -0.15) is 4.98 Å². The van der Waals surface area contributed by atoms with E-state index in [1.165, 1.54) is 0 Å². The average Bonchev–Trinajstić information content (AvgIpc) is 2.93. The Bertz CT molecular complexity index is 618. The number of nitrogens with two attached hydrogens (primary N) is 1. The van der Waals surface area contributed by atoms with Crippen LogP contribution in [0.2, 0.25) is 0 Å². The van der Waals surface area contributed by atoms with E-state index in [9.17, 15) is 0 Å². The molecule has 0 saturated heterocycles. The average molecular weight is 245 g/mol. The van der Waals surface area contributed by atoms with Gasteiger partial charge in [0.05, 0.1) is 18.1 Å². The van der Waals surface area contributed by atoms with Gasteiger partial charge in [-0.3, -0.25) is 0 Å². The Morgan fingerprint density at radius 1 is 1.44 bits per heavy atom. The molecule has 0 fully saturated rings. The minimum absolute atomic E-state index is 0.176. The van der Waals surface area contributed by atoms with E-state index in [4.69, 9.17) is 10.8 Å². The fraction of sp³-hybridized carbons (Fsp3) is 0.417. The predicted octanol–water partition coefficient (Wildman–Crippen LogP) is 0.826. The van der Waals surface area contributed by atoms with Crippen LogP contribution in [-0.4, -0.2) is 31.2 Å². The van der Waals surface area contributed by atoms with Gasteiger partial charge in [-0.15, -0.1) is 0 Å². The third-order valence-electron chi connectivity index (χ3n) is 3.35. The molecule has 3 rings (SSSR count). The molecule has 2 atom stereocenters. The standard InChI is InChI=1S/C12H15N5O/c1-7-10-11(16-12(13)15-7)17(6-14-10)9-3-2-8(4-9)5-18/h2-3,6,8-9,18H,4-5H2,1H3,(H2,13,15,16)/t8-,9+/m1/s1. The van der Waals surface area contributed by atoms with E-state index in [0.717, 1.165) is 23.3 Å². The van der Waals surface area contributed by atoms with Gasteiger partial charge in [0.2, 0.25) is 5.95 Å². The third-order valence-corrected chi connectivity index (χ3v) is 3.35. The van der Waals surface area contributed by atoms with Crippen molar-refractivity contribution >= 4 is 17.1 Å². The van der Waals surface area contributed by atoms with Gasteiger partial charge >= 0.3 is 0 Å². The molecular formula is C12H15N5O. The molecule has 6 heteroatoms. The van der Waals surface area contributed by atoms with Crippen molar-refractivity contribution in [1.29, 1.82) is 0 Å². The van der Waals surface area contributed by atoms with Crippen LogP contribution in [0.4, 0.5) is 5.95 Å². The van der Waals surface area contributed by atoms with E-state index in [2.05, 4.69) is 21.0 Å². The molecule has 1 aliphatic carbocycles. The van der Waals surface area contributed by atoms with Crippen LogP contribution < -0.4 is 5.73 Å². The summed E-state index contributed by atoms with van der Waals surface area (Å²) in [5, 5.41) is 9.16. The van der Waals surface area contributed by atoms with Crippen molar-refractivity contribution in [3.63, 3.8) is 0 Å². The smallest absolute Gasteiger partial charge is 0.222 e. The number of anilines is 1. The van der Waals surface area contributed by atoms with E-state index < -0.39 is 0 Å². The van der Waals surface area contributed by atoms with Crippen molar-refractivity contribution in [2.75, 3.05) is 12.3 Å². The number of aliphatic hydroxyl groups excluding tert-OH is 1. The first-order valence-electron chi connectivity index (χ1n) is 5.95. The Morgan fingerprint density at radius 2 is 2.28 bits per heavy atom. The highest BCUT2D eigenvalue weighted by molar-refractivity contribution is 5.74. The number of nitrogen functional groups attached to an aromatic ring is 1. The summed E-state index contributed by atoms with van der Waals surface area (Å²) in [4.78, 5) is 12.7. The maximum absolute atomic E-state index is 9.16. The van der Waals surface area contributed by atoms with Crippen molar-refractivity contribution in [2.45, 2.75) is 19.4 Å². The van der Waals surface area contributed by atoms with Crippen molar-refractivity contribution in [2.24, 2.45) is 5.92 Å². The van der Waals surface area contributed by atoms with E-state index in [1.807, 2.05) is 17.6 Å². The fourth-order valence-corrected chi connectivity index (χ4v) is 2.42. The number of hydrogen-bond acceptors (Lipinski definition) is 5. The lowest BCUT2D eigenvalue weighted by Crippen LogP contribution is -2.08. The van der Waals surface area contributed by atoms with Crippen molar-refractivity contribution in [1.82, 2.24) is 19.5 Å². The molecule has 6 nitrogen and oxygen atoms in total. The maximum Gasteiger partial charge on any atom is 0.222 e. The highest BCUT2D eigenvalue weighted by Crippen LogP contribution is 2.30. The zero-order valence-corrected chi connectivity index (χ0v) is 10.1. The van der Waals surface area contributed by atoms with E-state index in [0.29, 0.717) is 0 Å². The number of aliphatic hydroxyl groups is 1. The van der Waals surface area contributed by atoms with Crippen LogP contribution in [0.1, 0.15) is 18.2 Å². The van der Waals surface area contributed by atoms with E-state index in [1.54, 1.807) is 6.33 Å². The second-order valence-electron chi connectivity index (χ2n) is 4.62. The van der Waals surface area contributed by atoms with Crippen LogP contribution in [0.25, 0.3) is 11.2 Å². The maximum atomic E-state index is 9.16. The first kappa shape index (κ1) is 11.2. The molecule has 0 radical (unpaired) electrons. The fourth-order valence-electron chi connectivity index (χ4n) is 2.42. The normalized spacial score (nSPS) is 23.0. The van der Waals surface area contributed by atoms with Crippen LogP contribution in [0.15, 0.2) is 18.5 Å². The molecule has 3 N–H and O–H groups in total. The van der Waals surface area contributed by atoms with Crippen LogP contribution >= 0.6 is 0 Å². The quantitative estimate of drug-likeness (QED) is 0.765. The molecule has 0 spiro atoms. The summed E-state index contributed by atoms with van der Waals surface area (Å²) < 4.78 is 1.99. The Hall–Kier alpha value is -1.95. The van der Waals surface area contributed by atoms with Crippen molar-refractivity contribution in [3.05, 3.63) is 24.2 Å². The molecule has 94 valence electrons. The third kappa shape index (κ3) is 1.65. The first-order valence-corrected chi connectivity index (χ1v) is 5.95. The minimum atomic E-state index is 0.176. The van der Waals surface area contributed by atoms with Crippen molar-refractivity contribution in [3.8, 4) is 0 Å². The van der Waals surface area contributed by atoms with E-state index in [-0.39, 0.29) is 24.5 Å². The van der Waals surface area contributed by atoms with Gasteiger partial charge in [0, 0.05) is 12.5 Å². The molecule has 0 bridgehead atoms. The number of imidazole rings is 1. The summed E-state index contributed by atoms with van der Waals surface area (Å²) in [6.45, 7) is 2.05. The molecule has 2 aromatic heterocycles. The summed E-state index contributed by atoms with van der Waals surface area (Å²) in [6.07, 6.45) is 6.75. The SMILES string of the molecule is Cc1nc(N)nc2c1ncn2[C@H]1C=C[C@@H](CO)C1.